The molecule has 0 aromatic rings. The average Bonchev–Trinajstić information content (AvgIpc) is 2.82. The lowest BCUT2D eigenvalue weighted by Gasteiger charge is -2.34. The molecule has 2 heteroatoms. The molecule has 0 radical (unpaired) electrons. The highest BCUT2D eigenvalue weighted by atomic mass is 127. The van der Waals surface area contributed by atoms with Crippen LogP contribution in [0.15, 0.2) is 21.3 Å². The lowest BCUT2D eigenvalue weighted by molar-refractivity contribution is 0.144. The molecular weight excluding hydrogens is 477 g/mol. The fourth-order valence-electron chi connectivity index (χ4n) is 3.90. The maximum atomic E-state index is 2.73. The molecule has 1 saturated heterocycles. The Hall–Kier alpha value is 0.170. The van der Waals surface area contributed by atoms with Crippen LogP contribution >= 0.6 is 22.6 Å². The van der Waals surface area contributed by atoms with Crippen molar-refractivity contribution in [3.8, 4) is 0 Å². The minimum absolute atomic E-state index is 0.951. The summed E-state index contributed by atoms with van der Waals surface area (Å²) in [7, 11) is 0. The van der Waals surface area contributed by atoms with Crippen molar-refractivity contribution in [3.63, 3.8) is 0 Å². The van der Waals surface area contributed by atoms with E-state index >= 15 is 0 Å². The molecule has 0 spiro atoms. The van der Waals surface area contributed by atoms with Crippen LogP contribution in [0, 0.1) is 11.8 Å². The van der Waals surface area contributed by atoms with E-state index in [1.165, 1.54) is 86.6 Å². The Labute approximate surface area is 206 Å². The van der Waals surface area contributed by atoms with Gasteiger partial charge in [0, 0.05) is 13.1 Å². The molecule has 1 nitrogen and oxygen atoms in total. The van der Waals surface area contributed by atoms with Gasteiger partial charge in [-0.15, -0.1) is 0 Å². The molecule has 3 rings (SSSR count). The normalized spacial score (nSPS) is 21.0. The number of piperidine rings is 1. The number of rotatable bonds is 2. The van der Waals surface area contributed by atoms with Crippen LogP contribution in [0.5, 0.6) is 0 Å². The van der Waals surface area contributed by atoms with Gasteiger partial charge in [-0.1, -0.05) is 99.3 Å². The third-order valence-corrected chi connectivity index (χ3v) is 6.19. The monoisotopic (exact) mass is 535 g/mol. The lowest BCUT2D eigenvalue weighted by atomic mass is 9.88. The summed E-state index contributed by atoms with van der Waals surface area (Å²) in [5.41, 5.74) is 1.51. The smallest absolute Gasteiger partial charge is 0.000977 e. The van der Waals surface area contributed by atoms with Gasteiger partial charge in [-0.05, 0) is 90.0 Å². The molecule has 0 aromatic heterocycles. The zero-order chi connectivity index (χ0) is 23.8. The van der Waals surface area contributed by atoms with Crippen LogP contribution in [0.4, 0.5) is 0 Å². The quantitative estimate of drug-likeness (QED) is 0.318. The number of hydrogen-bond acceptors (Lipinski definition) is 1. The van der Waals surface area contributed by atoms with Gasteiger partial charge < -0.3 is 4.90 Å². The second-order valence-corrected chi connectivity index (χ2v) is 9.02. The Kier molecular flexibility index (Phi) is 31.5. The van der Waals surface area contributed by atoms with E-state index in [9.17, 15) is 0 Å². The van der Waals surface area contributed by atoms with Gasteiger partial charge in [-0.3, -0.25) is 0 Å². The topological polar surface area (TPSA) is 3.24 Å². The molecule has 2 aliphatic carbocycles. The minimum atomic E-state index is 0.951. The average molecular weight is 536 g/mol. The van der Waals surface area contributed by atoms with Crippen molar-refractivity contribution in [3.05, 3.63) is 21.3 Å². The first-order valence-corrected chi connectivity index (χ1v) is 14.5. The number of likely N-dealkylation sites (tertiary alicyclic amines) is 1. The predicted molar refractivity (Wildman–Crippen MR) is 152 cm³/mol. The third-order valence-electron chi connectivity index (χ3n) is 5.29. The molecule has 0 amide bonds. The van der Waals surface area contributed by atoms with Crippen LogP contribution in [-0.2, 0) is 0 Å². The Balaban J connectivity index is -0.000000390. The Morgan fingerprint density at radius 2 is 1.37 bits per heavy atom. The highest BCUT2D eigenvalue weighted by Crippen LogP contribution is 2.26. The summed E-state index contributed by atoms with van der Waals surface area (Å²) in [5.74, 6) is 1.99. The highest BCUT2D eigenvalue weighted by Gasteiger charge is 2.21. The molecule has 0 aromatic carbocycles. The van der Waals surface area contributed by atoms with Crippen LogP contribution in [0.25, 0.3) is 0 Å². The van der Waals surface area contributed by atoms with Crippen molar-refractivity contribution in [1.29, 1.82) is 0 Å². The summed E-state index contributed by atoms with van der Waals surface area (Å²) in [6.45, 7) is 24.7. The molecule has 2 fully saturated rings. The zero-order valence-electron chi connectivity index (χ0n) is 22.6. The maximum absolute atomic E-state index is 2.73. The van der Waals surface area contributed by atoms with Gasteiger partial charge in [0.2, 0.25) is 0 Å². The van der Waals surface area contributed by atoms with Crippen LogP contribution < -0.4 is 0 Å². The van der Waals surface area contributed by atoms with Gasteiger partial charge in [-0.25, -0.2) is 0 Å². The maximum Gasteiger partial charge on any atom is 0.000977 e. The van der Waals surface area contributed by atoms with Crippen LogP contribution in [-0.4, -0.2) is 24.5 Å². The number of halogens is 1. The fraction of sp³-hybridized carbons (Fsp3) is 0.857. The van der Waals surface area contributed by atoms with Crippen LogP contribution in [0.1, 0.15) is 127 Å². The summed E-state index contributed by atoms with van der Waals surface area (Å²) in [4.78, 5) is 2.73. The summed E-state index contributed by atoms with van der Waals surface area (Å²) >= 11 is 2.38. The molecular formula is C28H58IN. The van der Waals surface area contributed by atoms with Crippen molar-refractivity contribution in [2.75, 3.05) is 19.6 Å². The SMILES string of the molecule is CC.CC.CC.CC.CC1=CC=C(I)CC1.CC1CCCN(CC2CCCCC2)C1. The first-order chi connectivity index (χ1) is 14.6. The molecule has 0 bridgehead atoms. The molecule has 0 N–H and O–H groups in total. The molecule has 1 saturated carbocycles. The molecule has 1 heterocycles. The van der Waals surface area contributed by atoms with E-state index in [4.69, 9.17) is 0 Å². The van der Waals surface area contributed by atoms with E-state index in [1.807, 2.05) is 55.4 Å². The van der Waals surface area contributed by atoms with Gasteiger partial charge in [0.05, 0.1) is 0 Å². The van der Waals surface area contributed by atoms with Crippen molar-refractivity contribution in [1.82, 2.24) is 4.90 Å². The van der Waals surface area contributed by atoms with Gasteiger partial charge in [-0.2, -0.15) is 0 Å². The second kappa shape index (κ2) is 27.2. The summed E-state index contributed by atoms with van der Waals surface area (Å²) < 4.78 is 1.48. The van der Waals surface area contributed by atoms with Gasteiger partial charge in [0.1, 0.15) is 0 Å². The zero-order valence-corrected chi connectivity index (χ0v) is 24.8. The van der Waals surface area contributed by atoms with Crippen LogP contribution in [0.2, 0.25) is 0 Å². The van der Waals surface area contributed by atoms with Crippen molar-refractivity contribution in [2.24, 2.45) is 11.8 Å². The fourth-order valence-corrected chi connectivity index (χ4v) is 4.35. The van der Waals surface area contributed by atoms with E-state index in [1.54, 1.807) is 0 Å². The van der Waals surface area contributed by atoms with Crippen molar-refractivity contribution < 1.29 is 0 Å². The molecule has 182 valence electrons. The van der Waals surface area contributed by atoms with E-state index < -0.39 is 0 Å². The molecule has 3 aliphatic rings. The minimum Gasteiger partial charge on any atom is -0.303 e. The van der Waals surface area contributed by atoms with Gasteiger partial charge in [0.15, 0.2) is 0 Å². The van der Waals surface area contributed by atoms with Crippen molar-refractivity contribution >= 4 is 22.6 Å². The molecule has 1 unspecified atom stereocenters. The van der Waals surface area contributed by atoms with Gasteiger partial charge in [0.25, 0.3) is 0 Å². The number of allylic oxidation sites excluding steroid dienone is 4. The Morgan fingerprint density at radius 3 is 1.80 bits per heavy atom. The van der Waals surface area contributed by atoms with E-state index in [2.05, 4.69) is 53.5 Å². The van der Waals surface area contributed by atoms with E-state index in [-0.39, 0.29) is 0 Å². The first kappa shape index (κ1) is 34.8. The largest absolute Gasteiger partial charge is 0.303 e. The van der Waals surface area contributed by atoms with Crippen LogP contribution in [0.3, 0.4) is 0 Å². The lowest BCUT2D eigenvalue weighted by Crippen LogP contribution is -2.38. The molecule has 30 heavy (non-hydrogen) atoms. The first-order valence-electron chi connectivity index (χ1n) is 13.4. The third kappa shape index (κ3) is 20.1. The standard InChI is InChI=1S/C13H25N.C7H9I.4C2H6/c1-12-6-5-9-14(10-12)11-13-7-3-2-4-8-13;1-6-2-4-7(8)5-3-6;4*1-2/h12-13H,2-11H2,1H3;2,4H,3,5H2,1H3;4*1-2H3. The van der Waals surface area contributed by atoms with E-state index in [0.717, 1.165) is 11.8 Å². The molecule has 1 atom stereocenters. The summed E-state index contributed by atoms with van der Waals surface area (Å²) in [6.07, 6.45) is 17.3. The summed E-state index contributed by atoms with van der Waals surface area (Å²) in [5, 5.41) is 0. The second-order valence-electron chi connectivity index (χ2n) is 7.64. The van der Waals surface area contributed by atoms with Gasteiger partial charge >= 0.3 is 0 Å². The Bertz CT molecular complexity index is 362. The number of nitrogens with zero attached hydrogens (tertiary/aromatic N) is 1. The highest BCUT2D eigenvalue weighted by molar-refractivity contribution is 14.1. The Morgan fingerprint density at radius 1 is 0.800 bits per heavy atom. The van der Waals surface area contributed by atoms with Crippen molar-refractivity contribution in [2.45, 2.75) is 127 Å². The summed E-state index contributed by atoms with van der Waals surface area (Å²) in [6, 6.07) is 0. The predicted octanol–water partition coefficient (Wildman–Crippen LogP) is 10.4. The van der Waals surface area contributed by atoms with E-state index in [0.29, 0.717) is 0 Å². The molecule has 1 aliphatic heterocycles. The number of hydrogen-bond donors (Lipinski definition) is 0.